The first-order valence-electron chi connectivity index (χ1n) is 3.97. The van der Waals surface area contributed by atoms with Gasteiger partial charge in [0.25, 0.3) is 0 Å². The Labute approximate surface area is 83.3 Å². The Hall–Kier alpha value is 0.390. The van der Waals surface area contributed by atoms with Crippen molar-refractivity contribution in [2.45, 2.75) is 26.3 Å². The number of alkyl halides is 1. The zero-order chi connectivity index (χ0) is 9.78. The summed E-state index contributed by atoms with van der Waals surface area (Å²) in [7, 11) is -1.40. The summed E-state index contributed by atoms with van der Waals surface area (Å²) in [6, 6.07) is 0.0292. The predicted molar refractivity (Wildman–Crippen MR) is 55.1 cm³/mol. The standard InChI is InChI=1S/C7H16BrNO2S/c1-4-5-12(10,11)9(3)7(2)6-8/h7H,4-6H2,1-3H3. The molecule has 0 heterocycles. The molecule has 0 spiro atoms. The quantitative estimate of drug-likeness (QED) is 0.700. The van der Waals surface area contributed by atoms with Gasteiger partial charge in [-0.15, -0.1) is 0 Å². The highest BCUT2D eigenvalue weighted by atomic mass is 79.9. The van der Waals surface area contributed by atoms with E-state index in [2.05, 4.69) is 15.9 Å². The van der Waals surface area contributed by atoms with E-state index in [0.29, 0.717) is 11.8 Å². The number of halogens is 1. The number of hydrogen-bond acceptors (Lipinski definition) is 2. The van der Waals surface area contributed by atoms with Crippen LogP contribution in [-0.4, -0.2) is 36.9 Å². The summed E-state index contributed by atoms with van der Waals surface area (Å²) >= 11 is 3.25. The zero-order valence-electron chi connectivity index (χ0n) is 7.75. The van der Waals surface area contributed by atoms with Crippen molar-refractivity contribution in [2.24, 2.45) is 0 Å². The van der Waals surface area contributed by atoms with E-state index in [4.69, 9.17) is 0 Å². The summed E-state index contributed by atoms with van der Waals surface area (Å²) in [5.41, 5.74) is 0. The van der Waals surface area contributed by atoms with E-state index in [0.717, 1.165) is 0 Å². The minimum Gasteiger partial charge on any atom is -0.212 e. The number of hydrogen-bond donors (Lipinski definition) is 0. The van der Waals surface area contributed by atoms with Crippen LogP contribution in [0.1, 0.15) is 20.3 Å². The highest BCUT2D eigenvalue weighted by molar-refractivity contribution is 9.09. The monoisotopic (exact) mass is 257 g/mol. The maximum Gasteiger partial charge on any atom is 0.214 e. The van der Waals surface area contributed by atoms with Crippen molar-refractivity contribution in [3.05, 3.63) is 0 Å². The van der Waals surface area contributed by atoms with Crippen LogP contribution < -0.4 is 0 Å². The third-order valence-electron chi connectivity index (χ3n) is 1.74. The van der Waals surface area contributed by atoms with Crippen LogP contribution >= 0.6 is 15.9 Å². The molecule has 0 radical (unpaired) electrons. The summed E-state index contributed by atoms with van der Waals surface area (Å²) in [5.74, 6) is 0.237. The van der Waals surface area contributed by atoms with Crippen LogP contribution in [0.4, 0.5) is 0 Å². The Kier molecular flexibility index (Phi) is 5.36. The Bertz CT molecular complexity index is 215. The lowest BCUT2D eigenvalue weighted by molar-refractivity contribution is 0.416. The van der Waals surface area contributed by atoms with E-state index in [-0.39, 0.29) is 11.8 Å². The van der Waals surface area contributed by atoms with Gasteiger partial charge < -0.3 is 0 Å². The highest BCUT2D eigenvalue weighted by Gasteiger charge is 2.20. The molecule has 0 aromatic heterocycles. The number of rotatable bonds is 5. The fourth-order valence-electron chi connectivity index (χ4n) is 0.773. The first-order chi connectivity index (χ1) is 5.45. The van der Waals surface area contributed by atoms with Crippen LogP contribution in [0.5, 0.6) is 0 Å². The molecule has 3 nitrogen and oxygen atoms in total. The van der Waals surface area contributed by atoms with Gasteiger partial charge in [0.15, 0.2) is 0 Å². The summed E-state index contributed by atoms with van der Waals surface area (Å²) in [6.45, 7) is 3.74. The minimum atomic E-state index is -3.02. The van der Waals surface area contributed by atoms with Gasteiger partial charge in [-0.05, 0) is 13.3 Å². The minimum absolute atomic E-state index is 0.0292. The maximum atomic E-state index is 11.4. The maximum absolute atomic E-state index is 11.4. The van der Waals surface area contributed by atoms with Gasteiger partial charge in [-0.3, -0.25) is 0 Å². The molecule has 0 aromatic carbocycles. The van der Waals surface area contributed by atoms with Gasteiger partial charge in [0.2, 0.25) is 10.0 Å². The molecule has 0 fully saturated rings. The molecule has 0 aromatic rings. The molecular weight excluding hydrogens is 242 g/mol. The van der Waals surface area contributed by atoms with Crippen molar-refractivity contribution in [1.29, 1.82) is 0 Å². The Morgan fingerprint density at radius 1 is 1.50 bits per heavy atom. The molecule has 0 saturated carbocycles. The van der Waals surface area contributed by atoms with Crippen LogP contribution in [0.25, 0.3) is 0 Å². The molecule has 0 saturated heterocycles. The van der Waals surface area contributed by atoms with Crippen molar-refractivity contribution in [2.75, 3.05) is 18.1 Å². The predicted octanol–water partition coefficient (Wildman–Crippen LogP) is 1.44. The summed E-state index contributed by atoms with van der Waals surface area (Å²) < 4.78 is 24.3. The topological polar surface area (TPSA) is 37.4 Å². The lowest BCUT2D eigenvalue weighted by Crippen LogP contribution is -2.37. The van der Waals surface area contributed by atoms with Crippen molar-refractivity contribution in [3.8, 4) is 0 Å². The van der Waals surface area contributed by atoms with E-state index in [1.54, 1.807) is 7.05 Å². The largest absolute Gasteiger partial charge is 0.214 e. The molecule has 0 N–H and O–H groups in total. The van der Waals surface area contributed by atoms with E-state index < -0.39 is 10.0 Å². The van der Waals surface area contributed by atoms with Gasteiger partial charge in [0.05, 0.1) is 5.75 Å². The second kappa shape index (κ2) is 5.19. The van der Waals surface area contributed by atoms with Crippen molar-refractivity contribution in [1.82, 2.24) is 4.31 Å². The van der Waals surface area contributed by atoms with E-state index in [9.17, 15) is 8.42 Å². The summed E-state index contributed by atoms with van der Waals surface area (Å²) in [4.78, 5) is 0. The van der Waals surface area contributed by atoms with Crippen LogP contribution in [0, 0.1) is 0 Å². The van der Waals surface area contributed by atoms with Crippen molar-refractivity contribution < 1.29 is 8.42 Å². The van der Waals surface area contributed by atoms with Gasteiger partial charge in [-0.2, -0.15) is 0 Å². The smallest absolute Gasteiger partial charge is 0.212 e. The van der Waals surface area contributed by atoms with Crippen molar-refractivity contribution in [3.63, 3.8) is 0 Å². The van der Waals surface area contributed by atoms with E-state index in [1.165, 1.54) is 4.31 Å². The van der Waals surface area contributed by atoms with Gasteiger partial charge in [-0.25, -0.2) is 12.7 Å². The molecule has 0 aliphatic heterocycles. The van der Waals surface area contributed by atoms with E-state index in [1.807, 2.05) is 13.8 Å². The lowest BCUT2D eigenvalue weighted by Gasteiger charge is -2.22. The number of sulfonamides is 1. The molecule has 0 aliphatic carbocycles. The fourth-order valence-corrected chi connectivity index (χ4v) is 2.83. The SMILES string of the molecule is CCCS(=O)(=O)N(C)C(C)CBr. The molecule has 74 valence electrons. The average molecular weight is 258 g/mol. The van der Waals surface area contributed by atoms with Crippen molar-refractivity contribution >= 4 is 26.0 Å². The normalized spacial score (nSPS) is 15.1. The van der Waals surface area contributed by atoms with Crippen LogP contribution in [0.3, 0.4) is 0 Å². The molecule has 12 heavy (non-hydrogen) atoms. The lowest BCUT2D eigenvalue weighted by atomic mass is 10.4. The molecule has 0 rings (SSSR count). The summed E-state index contributed by atoms with van der Waals surface area (Å²) in [6.07, 6.45) is 0.668. The highest BCUT2D eigenvalue weighted by Crippen LogP contribution is 2.07. The third kappa shape index (κ3) is 3.41. The average Bonchev–Trinajstić information content (AvgIpc) is 2.01. The Balaban J connectivity index is 4.35. The van der Waals surface area contributed by atoms with Gasteiger partial charge >= 0.3 is 0 Å². The first-order valence-corrected chi connectivity index (χ1v) is 6.70. The molecule has 0 amide bonds. The van der Waals surface area contributed by atoms with Gasteiger partial charge in [0.1, 0.15) is 0 Å². The number of nitrogens with zero attached hydrogens (tertiary/aromatic N) is 1. The Morgan fingerprint density at radius 3 is 2.33 bits per heavy atom. The van der Waals surface area contributed by atoms with Gasteiger partial charge in [0, 0.05) is 18.4 Å². The van der Waals surface area contributed by atoms with Crippen LogP contribution in [0.2, 0.25) is 0 Å². The fraction of sp³-hybridized carbons (Fsp3) is 1.00. The third-order valence-corrected chi connectivity index (χ3v) is 4.84. The second-order valence-electron chi connectivity index (χ2n) is 2.84. The first kappa shape index (κ1) is 12.4. The Morgan fingerprint density at radius 2 is 2.00 bits per heavy atom. The van der Waals surface area contributed by atoms with Crippen LogP contribution in [-0.2, 0) is 10.0 Å². The molecular formula is C7H16BrNO2S. The van der Waals surface area contributed by atoms with Gasteiger partial charge in [-0.1, -0.05) is 22.9 Å². The molecule has 0 aliphatic rings. The molecule has 1 unspecified atom stereocenters. The second-order valence-corrected chi connectivity index (χ2v) is 5.63. The zero-order valence-corrected chi connectivity index (χ0v) is 10.2. The molecule has 0 bridgehead atoms. The summed E-state index contributed by atoms with van der Waals surface area (Å²) in [5, 5.41) is 0.673. The van der Waals surface area contributed by atoms with E-state index >= 15 is 0 Å². The van der Waals surface area contributed by atoms with Crippen LogP contribution in [0.15, 0.2) is 0 Å². The molecule has 5 heteroatoms. The molecule has 1 atom stereocenters.